The van der Waals surface area contributed by atoms with Crippen LogP contribution in [0.2, 0.25) is 0 Å². The molecule has 0 unspecified atom stereocenters. The second-order valence-corrected chi connectivity index (χ2v) is 5.70. The number of hydrogen-bond acceptors (Lipinski definition) is 6. The second kappa shape index (κ2) is 9.28. The number of methoxy groups -OCH3 is 1. The Labute approximate surface area is 143 Å². The molecule has 6 heteroatoms. The van der Waals surface area contributed by atoms with Gasteiger partial charge in [-0.25, -0.2) is 4.79 Å². The molecule has 1 aliphatic heterocycles. The number of ether oxygens (including phenoxy) is 1. The molecule has 1 heterocycles. The predicted octanol–water partition coefficient (Wildman–Crippen LogP) is 0.254. The molecule has 24 heavy (non-hydrogen) atoms. The lowest BCUT2D eigenvalue weighted by atomic mass is 10.1. The van der Waals surface area contributed by atoms with Crippen molar-refractivity contribution in [1.82, 2.24) is 4.90 Å². The fourth-order valence-corrected chi connectivity index (χ4v) is 2.81. The van der Waals surface area contributed by atoms with Gasteiger partial charge in [-0.15, -0.1) is 0 Å². The molecule has 4 N–H and O–H groups in total. The van der Waals surface area contributed by atoms with Gasteiger partial charge in [0, 0.05) is 37.4 Å². The third-order valence-corrected chi connectivity index (χ3v) is 4.15. The Morgan fingerprint density at radius 2 is 2.00 bits per heavy atom. The zero-order chi connectivity index (χ0) is 17.4. The Morgan fingerprint density at radius 1 is 1.25 bits per heavy atom. The Balaban J connectivity index is 2.12. The average molecular weight is 330 g/mol. The molecule has 1 aromatic rings. The van der Waals surface area contributed by atoms with Gasteiger partial charge >= 0.3 is 5.97 Å². The second-order valence-electron chi connectivity index (χ2n) is 5.70. The summed E-state index contributed by atoms with van der Waals surface area (Å²) >= 11 is 0. The first kappa shape index (κ1) is 18.3. The molecule has 0 aromatic heterocycles. The minimum Gasteiger partial charge on any atom is -0.465 e. The highest BCUT2D eigenvalue weighted by molar-refractivity contribution is 5.93. The Morgan fingerprint density at radius 3 is 2.62 bits per heavy atom. The first-order chi connectivity index (χ1) is 11.7. The molecule has 6 nitrogen and oxygen atoms in total. The Hall–Kier alpha value is -2.07. The van der Waals surface area contributed by atoms with E-state index in [9.17, 15) is 4.79 Å². The number of anilines is 1. The maximum Gasteiger partial charge on any atom is 0.339 e. The van der Waals surface area contributed by atoms with Crippen molar-refractivity contribution in [3.8, 4) is 11.8 Å². The van der Waals surface area contributed by atoms with E-state index in [-0.39, 0.29) is 12.5 Å². The fraction of sp³-hybridized carbons (Fsp3) is 0.500. The van der Waals surface area contributed by atoms with E-state index in [0.29, 0.717) is 11.1 Å². The van der Waals surface area contributed by atoms with Crippen LogP contribution >= 0.6 is 0 Å². The fourth-order valence-electron chi connectivity index (χ4n) is 2.81. The van der Waals surface area contributed by atoms with E-state index in [1.165, 1.54) is 7.11 Å². The number of nitrogens with zero attached hydrogens (tertiary/aromatic N) is 2. The molecule has 0 amide bonds. The van der Waals surface area contributed by atoms with E-state index in [1.54, 1.807) is 6.07 Å². The molecular formula is C18H26N4O2. The molecule has 1 aromatic carbocycles. The first-order valence-corrected chi connectivity index (χ1v) is 8.28. The minimum atomic E-state index is -0.380. The first-order valence-electron chi connectivity index (χ1n) is 8.28. The van der Waals surface area contributed by atoms with Gasteiger partial charge in [-0.05, 0) is 37.7 Å². The number of carbonyl (C=O) groups is 1. The van der Waals surface area contributed by atoms with Crippen molar-refractivity contribution in [2.45, 2.75) is 6.42 Å². The van der Waals surface area contributed by atoms with Crippen LogP contribution in [0.3, 0.4) is 0 Å². The monoisotopic (exact) mass is 330 g/mol. The van der Waals surface area contributed by atoms with Gasteiger partial charge < -0.3 is 21.1 Å². The normalized spacial score (nSPS) is 14.9. The molecule has 1 fully saturated rings. The number of piperazine rings is 1. The van der Waals surface area contributed by atoms with E-state index in [0.717, 1.165) is 51.4 Å². The van der Waals surface area contributed by atoms with E-state index in [4.69, 9.17) is 16.2 Å². The van der Waals surface area contributed by atoms with Gasteiger partial charge in [0.15, 0.2) is 0 Å². The summed E-state index contributed by atoms with van der Waals surface area (Å²) < 4.78 is 4.83. The van der Waals surface area contributed by atoms with Gasteiger partial charge in [-0.3, -0.25) is 4.90 Å². The third-order valence-electron chi connectivity index (χ3n) is 4.15. The van der Waals surface area contributed by atoms with Crippen LogP contribution in [0.15, 0.2) is 18.2 Å². The van der Waals surface area contributed by atoms with Crippen molar-refractivity contribution in [3.63, 3.8) is 0 Å². The molecule has 2 rings (SSSR count). The van der Waals surface area contributed by atoms with Gasteiger partial charge in [-0.1, -0.05) is 11.8 Å². The van der Waals surface area contributed by atoms with E-state index in [2.05, 4.69) is 21.6 Å². The van der Waals surface area contributed by atoms with Crippen LogP contribution in [0, 0.1) is 11.8 Å². The van der Waals surface area contributed by atoms with Crippen molar-refractivity contribution in [2.24, 2.45) is 11.5 Å². The van der Waals surface area contributed by atoms with E-state index in [1.807, 2.05) is 12.1 Å². The van der Waals surface area contributed by atoms with Gasteiger partial charge in [0.2, 0.25) is 0 Å². The molecule has 130 valence electrons. The third kappa shape index (κ3) is 4.71. The largest absolute Gasteiger partial charge is 0.465 e. The quantitative estimate of drug-likeness (QED) is 0.595. The van der Waals surface area contributed by atoms with Crippen molar-refractivity contribution < 1.29 is 9.53 Å². The number of carbonyl (C=O) groups excluding carboxylic acids is 1. The summed E-state index contributed by atoms with van der Waals surface area (Å²) in [6.45, 7) is 5.98. The number of hydrogen-bond donors (Lipinski definition) is 2. The van der Waals surface area contributed by atoms with Gasteiger partial charge in [0.05, 0.1) is 19.2 Å². The van der Waals surface area contributed by atoms with Crippen LogP contribution in [0.1, 0.15) is 22.3 Å². The summed E-state index contributed by atoms with van der Waals surface area (Å²) in [5.74, 6) is 5.41. The molecule has 0 atom stereocenters. The predicted molar refractivity (Wildman–Crippen MR) is 96.0 cm³/mol. The van der Waals surface area contributed by atoms with E-state index >= 15 is 0 Å². The van der Waals surface area contributed by atoms with Crippen LogP contribution < -0.4 is 16.4 Å². The van der Waals surface area contributed by atoms with Gasteiger partial charge in [0.1, 0.15) is 0 Å². The smallest absolute Gasteiger partial charge is 0.339 e. The lowest BCUT2D eigenvalue weighted by Crippen LogP contribution is -2.46. The number of rotatable bonds is 5. The average Bonchev–Trinajstić information content (AvgIpc) is 2.64. The number of esters is 1. The van der Waals surface area contributed by atoms with Crippen LogP contribution in [-0.2, 0) is 4.74 Å². The van der Waals surface area contributed by atoms with E-state index < -0.39 is 0 Å². The van der Waals surface area contributed by atoms with Crippen molar-refractivity contribution in [2.75, 3.05) is 57.8 Å². The number of nitrogens with two attached hydrogens (primary N) is 2. The highest BCUT2D eigenvalue weighted by atomic mass is 16.5. The summed E-state index contributed by atoms with van der Waals surface area (Å²) in [6.07, 6.45) is 1.03. The highest BCUT2D eigenvalue weighted by Crippen LogP contribution is 2.21. The highest BCUT2D eigenvalue weighted by Gasteiger charge is 2.18. The minimum absolute atomic E-state index is 0.255. The lowest BCUT2D eigenvalue weighted by Gasteiger charge is -2.36. The van der Waals surface area contributed by atoms with Gasteiger partial charge in [-0.2, -0.15) is 0 Å². The molecule has 0 radical (unpaired) electrons. The van der Waals surface area contributed by atoms with Crippen molar-refractivity contribution in [1.29, 1.82) is 0 Å². The summed E-state index contributed by atoms with van der Waals surface area (Å²) in [5.41, 5.74) is 13.2. The molecular weight excluding hydrogens is 304 g/mol. The summed E-state index contributed by atoms with van der Waals surface area (Å²) in [5, 5.41) is 0. The van der Waals surface area contributed by atoms with Crippen LogP contribution in [-0.4, -0.2) is 63.8 Å². The molecule has 0 bridgehead atoms. The zero-order valence-corrected chi connectivity index (χ0v) is 14.3. The molecule has 1 saturated heterocycles. The summed E-state index contributed by atoms with van der Waals surface area (Å²) in [7, 11) is 1.37. The SMILES string of the molecule is COC(=O)c1ccc(N2CCN(CCCN)CC2)cc1C#CCN. The molecule has 0 spiro atoms. The summed E-state index contributed by atoms with van der Waals surface area (Å²) in [6, 6.07) is 5.68. The molecule has 0 saturated carbocycles. The Bertz CT molecular complexity index is 613. The van der Waals surface area contributed by atoms with Gasteiger partial charge in [0.25, 0.3) is 0 Å². The maximum absolute atomic E-state index is 11.9. The molecule has 0 aliphatic carbocycles. The number of benzene rings is 1. The zero-order valence-electron chi connectivity index (χ0n) is 14.3. The van der Waals surface area contributed by atoms with Crippen molar-refractivity contribution >= 4 is 11.7 Å². The topological polar surface area (TPSA) is 84.8 Å². The molecule has 1 aliphatic rings. The van der Waals surface area contributed by atoms with Crippen LogP contribution in [0.4, 0.5) is 5.69 Å². The van der Waals surface area contributed by atoms with Crippen molar-refractivity contribution in [3.05, 3.63) is 29.3 Å². The van der Waals surface area contributed by atoms with Crippen LogP contribution in [0.5, 0.6) is 0 Å². The Kier molecular flexibility index (Phi) is 7.07. The standard InChI is InChI=1S/C18H26N4O2/c1-24-18(23)17-6-5-16(14-15(17)4-2-7-19)22-12-10-21(11-13-22)9-3-8-20/h5-6,14H,3,7-13,19-20H2,1H3. The lowest BCUT2D eigenvalue weighted by molar-refractivity contribution is 0.0600. The summed E-state index contributed by atoms with van der Waals surface area (Å²) in [4.78, 5) is 16.6. The maximum atomic E-state index is 11.9. The van der Waals surface area contributed by atoms with Crippen LogP contribution in [0.25, 0.3) is 0 Å².